The summed E-state index contributed by atoms with van der Waals surface area (Å²) in [6.07, 6.45) is 5.78. The number of hydrogen-bond acceptors (Lipinski definition) is 4. The second kappa shape index (κ2) is 9.16. The zero-order chi connectivity index (χ0) is 19.2. The van der Waals surface area contributed by atoms with Crippen molar-refractivity contribution in [3.8, 4) is 0 Å². The molecule has 0 saturated heterocycles. The van der Waals surface area contributed by atoms with Crippen LogP contribution in [0.3, 0.4) is 0 Å². The van der Waals surface area contributed by atoms with Crippen molar-refractivity contribution >= 4 is 17.7 Å². The van der Waals surface area contributed by atoms with E-state index in [-0.39, 0.29) is 42.3 Å². The summed E-state index contributed by atoms with van der Waals surface area (Å²) in [5, 5.41) is 2.97. The maximum Gasteiger partial charge on any atom is 0.309 e. The second-order valence-electron chi connectivity index (χ2n) is 7.82. The number of ether oxygens (including phenoxy) is 1. The minimum Gasteiger partial charge on any atom is -0.455 e. The summed E-state index contributed by atoms with van der Waals surface area (Å²) in [7, 11) is 0. The van der Waals surface area contributed by atoms with Gasteiger partial charge in [-0.2, -0.15) is 0 Å². The van der Waals surface area contributed by atoms with Gasteiger partial charge < -0.3 is 10.1 Å². The second-order valence-corrected chi connectivity index (χ2v) is 7.82. The van der Waals surface area contributed by atoms with Crippen LogP contribution in [0.25, 0.3) is 0 Å². The Morgan fingerprint density at radius 3 is 2.44 bits per heavy atom. The lowest BCUT2D eigenvalue weighted by Crippen LogP contribution is -2.40. The molecule has 4 atom stereocenters. The highest BCUT2D eigenvalue weighted by atomic mass is 16.5. The number of esters is 1. The van der Waals surface area contributed by atoms with E-state index >= 15 is 0 Å². The Hall–Kier alpha value is -2.17. The third kappa shape index (κ3) is 4.96. The van der Waals surface area contributed by atoms with Gasteiger partial charge in [-0.25, -0.2) is 0 Å². The van der Waals surface area contributed by atoms with Gasteiger partial charge in [-0.15, -0.1) is 0 Å². The Bertz CT molecular complexity index is 656. The fraction of sp³-hybridized carbons (Fsp3) is 0.591. The van der Waals surface area contributed by atoms with Crippen LogP contribution in [0.5, 0.6) is 0 Å². The van der Waals surface area contributed by atoms with Crippen LogP contribution in [0, 0.1) is 17.8 Å². The number of carbonyl (C=O) groups excluding carboxylic acids is 3. The molecule has 1 aromatic carbocycles. The molecule has 3 rings (SSSR count). The molecular formula is C22H29NO4. The van der Waals surface area contributed by atoms with Crippen LogP contribution in [0.2, 0.25) is 0 Å². The summed E-state index contributed by atoms with van der Waals surface area (Å²) in [5.41, 5.74) is 1.05. The molecule has 5 nitrogen and oxygen atoms in total. The number of fused-ring (bicyclic) bond motifs is 2. The lowest BCUT2D eigenvalue weighted by Gasteiger charge is -2.36. The van der Waals surface area contributed by atoms with Crippen molar-refractivity contribution in [2.24, 2.45) is 17.8 Å². The highest BCUT2D eigenvalue weighted by Crippen LogP contribution is 2.40. The maximum absolute atomic E-state index is 12.4. The molecule has 1 unspecified atom stereocenters. The summed E-state index contributed by atoms with van der Waals surface area (Å²) in [6, 6.07) is 9.75. The molecule has 0 aromatic heterocycles. The maximum atomic E-state index is 12.4. The molecule has 0 heterocycles. The number of Topliss-reactive ketones (excluding diaryl/α,β-unsaturated/α-hetero) is 1. The molecule has 2 saturated carbocycles. The van der Waals surface area contributed by atoms with E-state index in [9.17, 15) is 14.4 Å². The molecule has 146 valence electrons. The number of rotatable bonds is 7. The first-order valence-corrected chi connectivity index (χ1v) is 10.1. The average Bonchev–Trinajstić information content (AvgIpc) is 2.66. The van der Waals surface area contributed by atoms with E-state index in [1.807, 2.05) is 30.3 Å². The molecule has 2 fully saturated rings. The van der Waals surface area contributed by atoms with E-state index in [1.54, 1.807) is 0 Å². The molecule has 1 aromatic rings. The molecule has 5 heteroatoms. The van der Waals surface area contributed by atoms with Crippen LogP contribution in [0.15, 0.2) is 30.3 Å². The molecular weight excluding hydrogens is 342 g/mol. The number of amides is 1. The fourth-order valence-electron chi connectivity index (χ4n) is 4.46. The highest BCUT2D eigenvalue weighted by Gasteiger charge is 2.41. The molecule has 2 aliphatic rings. The smallest absolute Gasteiger partial charge is 0.309 e. The minimum absolute atomic E-state index is 0.0101. The van der Waals surface area contributed by atoms with E-state index in [0.717, 1.165) is 37.7 Å². The zero-order valence-electron chi connectivity index (χ0n) is 16.0. The number of hydrogen-bond donors (Lipinski definition) is 1. The van der Waals surface area contributed by atoms with Crippen LogP contribution >= 0.6 is 0 Å². The van der Waals surface area contributed by atoms with Gasteiger partial charge in [0, 0.05) is 11.8 Å². The van der Waals surface area contributed by atoms with Gasteiger partial charge in [0.15, 0.2) is 6.61 Å². The molecule has 0 spiro atoms. The Morgan fingerprint density at radius 1 is 1.15 bits per heavy atom. The molecule has 2 bridgehead atoms. The number of nitrogens with one attached hydrogen (secondary N) is 1. The van der Waals surface area contributed by atoms with Gasteiger partial charge in [0.25, 0.3) is 5.91 Å². The van der Waals surface area contributed by atoms with Gasteiger partial charge >= 0.3 is 5.97 Å². The molecule has 1 N–H and O–H groups in total. The van der Waals surface area contributed by atoms with Crippen molar-refractivity contribution in [3.63, 3.8) is 0 Å². The lowest BCUT2D eigenvalue weighted by atomic mass is 9.67. The first-order chi connectivity index (χ1) is 13.1. The van der Waals surface area contributed by atoms with Gasteiger partial charge in [0.1, 0.15) is 5.78 Å². The van der Waals surface area contributed by atoms with Crippen LogP contribution in [0.1, 0.15) is 63.5 Å². The van der Waals surface area contributed by atoms with Crippen molar-refractivity contribution in [1.82, 2.24) is 5.32 Å². The van der Waals surface area contributed by atoms with E-state index in [1.165, 1.54) is 0 Å². The molecule has 1 amide bonds. The van der Waals surface area contributed by atoms with Crippen LogP contribution < -0.4 is 5.32 Å². The van der Waals surface area contributed by atoms with Crippen molar-refractivity contribution < 1.29 is 19.1 Å². The van der Waals surface area contributed by atoms with Crippen molar-refractivity contribution in [3.05, 3.63) is 35.9 Å². The highest BCUT2D eigenvalue weighted by molar-refractivity contribution is 5.88. The van der Waals surface area contributed by atoms with E-state index in [2.05, 4.69) is 12.2 Å². The molecule has 27 heavy (non-hydrogen) atoms. The van der Waals surface area contributed by atoms with Gasteiger partial charge in [-0.05, 0) is 37.7 Å². The van der Waals surface area contributed by atoms with Crippen molar-refractivity contribution in [2.75, 3.05) is 6.61 Å². The predicted molar refractivity (Wildman–Crippen MR) is 102 cm³/mol. The molecule has 0 radical (unpaired) electrons. The fourth-order valence-corrected chi connectivity index (χ4v) is 4.46. The van der Waals surface area contributed by atoms with Gasteiger partial charge in [0.2, 0.25) is 0 Å². The standard InChI is InChI=1S/C22H29NO4/c1-2-7-19(15-8-4-3-5-9-15)23-20(24)14-27-22(26)18-12-16-10-6-11-17(13-18)21(16)25/h3-5,8-9,16-19H,2,6-7,10-14H2,1H3,(H,23,24)/t16-,17+,18?,19-/m0/s1. The van der Waals surface area contributed by atoms with Crippen LogP contribution in [0.4, 0.5) is 0 Å². The van der Waals surface area contributed by atoms with Crippen LogP contribution in [-0.2, 0) is 19.1 Å². The largest absolute Gasteiger partial charge is 0.455 e. The third-order valence-electron chi connectivity index (χ3n) is 5.84. The Morgan fingerprint density at radius 2 is 1.81 bits per heavy atom. The first kappa shape index (κ1) is 19.6. The van der Waals surface area contributed by atoms with E-state index in [0.29, 0.717) is 18.6 Å². The van der Waals surface area contributed by atoms with Crippen LogP contribution in [-0.4, -0.2) is 24.3 Å². The predicted octanol–water partition coefficient (Wildman–Crippen LogP) is 3.58. The average molecular weight is 371 g/mol. The summed E-state index contributed by atoms with van der Waals surface area (Å²) >= 11 is 0. The third-order valence-corrected chi connectivity index (χ3v) is 5.84. The normalized spacial score (nSPS) is 25.5. The van der Waals surface area contributed by atoms with Crippen molar-refractivity contribution in [2.45, 2.75) is 57.9 Å². The Balaban J connectivity index is 1.49. The van der Waals surface area contributed by atoms with E-state index < -0.39 is 0 Å². The minimum atomic E-state index is -0.332. The molecule has 0 aliphatic heterocycles. The van der Waals surface area contributed by atoms with E-state index in [4.69, 9.17) is 4.74 Å². The van der Waals surface area contributed by atoms with Gasteiger partial charge in [-0.1, -0.05) is 50.1 Å². The summed E-state index contributed by atoms with van der Waals surface area (Å²) in [5.74, 6) is -0.509. The SMILES string of the molecule is CCC[C@H](NC(=O)COC(=O)C1C[C@H]2CCC[C@@H](C1)C2=O)c1ccccc1. The first-order valence-electron chi connectivity index (χ1n) is 10.1. The summed E-state index contributed by atoms with van der Waals surface area (Å²) in [6.45, 7) is 1.81. The lowest BCUT2D eigenvalue weighted by molar-refractivity contribution is -0.156. The summed E-state index contributed by atoms with van der Waals surface area (Å²) in [4.78, 5) is 36.8. The summed E-state index contributed by atoms with van der Waals surface area (Å²) < 4.78 is 5.30. The van der Waals surface area contributed by atoms with Gasteiger partial charge in [-0.3, -0.25) is 14.4 Å². The topological polar surface area (TPSA) is 72.5 Å². The number of ketones is 1. The Kier molecular flexibility index (Phi) is 6.64. The van der Waals surface area contributed by atoms with Crippen molar-refractivity contribution in [1.29, 1.82) is 0 Å². The number of carbonyl (C=O) groups is 3. The van der Waals surface area contributed by atoms with Gasteiger partial charge in [0.05, 0.1) is 12.0 Å². The Labute approximate surface area is 160 Å². The molecule has 2 aliphatic carbocycles. The monoisotopic (exact) mass is 371 g/mol. The zero-order valence-corrected chi connectivity index (χ0v) is 16.0. The quantitative estimate of drug-likeness (QED) is 0.744. The number of benzene rings is 1.